The lowest BCUT2D eigenvalue weighted by Crippen LogP contribution is -2.00. The summed E-state index contributed by atoms with van der Waals surface area (Å²) in [5.74, 6) is -0.306. The van der Waals surface area contributed by atoms with E-state index in [1.807, 2.05) is 12.1 Å². The van der Waals surface area contributed by atoms with Crippen LogP contribution in [-0.4, -0.2) is 24.8 Å². The molecule has 21 heavy (non-hydrogen) atoms. The Labute approximate surface area is 127 Å². The highest BCUT2D eigenvalue weighted by atomic mass is 16.5. The van der Waals surface area contributed by atoms with Crippen LogP contribution in [-0.2, 0) is 11.2 Å². The van der Waals surface area contributed by atoms with E-state index in [1.54, 1.807) is 12.1 Å². The smallest absolute Gasteiger partial charge is 0.337 e. The molecule has 0 spiro atoms. The third-order valence-corrected chi connectivity index (χ3v) is 3.55. The second kappa shape index (κ2) is 10.2. The van der Waals surface area contributed by atoms with Crippen LogP contribution < -0.4 is 0 Å². The first-order valence-corrected chi connectivity index (χ1v) is 7.67. The van der Waals surface area contributed by atoms with Crippen LogP contribution in [0.4, 0.5) is 0 Å². The highest BCUT2D eigenvalue weighted by molar-refractivity contribution is 5.89. The number of aliphatic hydroxyl groups is 1. The van der Waals surface area contributed by atoms with Gasteiger partial charge in [-0.3, -0.25) is 0 Å². The molecule has 1 rings (SSSR count). The van der Waals surface area contributed by atoms with Gasteiger partial charge >= 0.3 is 5.97 Å². The number of rotatable bonds is 9. The predicted molar refractivity (Wildman–Crippen MR) is 85.4 cm³/mol. The molecule has 1 aromatic rings. The summed E-state index contributed by atoms with van der Waals surface area (Å²) >= 11 is 0. The number of hydrogen-bond donors (Lipinski definition) is 1. The first-order chi connectivity index (χ1) is 10.2. The SMILES string of the molecule is CCCCCC(=CCCc1ccc(C(=O)OC)cc1)CO. The minimum atomic E-state index is -0.306. The van der Waals surface area contributed by atoms with Crippen molar-refractivity contribution in [1.29, 1.82) is 0 Å². The van der Waals surface area contributed by atoms with E-state index < -0.39 is 0 Å². The molecular weight excluding hydrogens is 264 g/mol. The van der Waals surface area contributed by atoms with Crippen LogP contribution in [0, 0.1) is 0 Å². The van der Waals surface area contributed by atoms with Gasteiger partial charge in [-0.25, -0.2) is 4.79 Å². The van der Waals surface area contributed by atoms with E-state index >= 15 is 0 Å². The number of hydrogen-bond acceptors (Lipinski definition) is 3. The van der Waals surface area contributed by atoms with E-state index in [9.17, 15) is 9.90 Å². The molecule has 0 aliphatic heterocycles. The summed E-state index contributed by atoms with van der Waals surface area (Å²) in [5, 5.41) is 9.33. The lowest BCUT2D eigenvalue weighted by molar-refractivity contribution is 0.0600. The van der Waals surface area contributed by atoms with E-state index in [1.165, 1.54) is 25.5 Å². The standard InChI is InChI=1S/C18H26O3/c1-3-4-5-7-16(14-19)9-6-8-15-10-12-17(13-11-15)18(20)21-2/h9-13,19H,3-8,14H2,1-2H3. The summed E-state index contributed by atoms with van der Waals surface area (Å²) in [7, 11) is 1.38. The maximum absolute atomic E-state index is 11.3. The molecule has 0 saturated carbocycles. The Balaban J connectivity index is 2.44. The van der Waals surface area contributed by atoms with Crippen molar-refractivity contribution in [2.75, 3.05) is 13.7 Å². The fourth-order valence-electron chi connectivity index (χ4n) is 2.22. The number of carbonyl (C=O) groups excluding carboxylic acids is 1. The number of methoxy groups -OCH3 is 1. The van der Waals surface area contributed by atoms with Crippen molar-refractivity contribution in [2.45, 2.75) is 45.4 Å². The molecule has 0 saturated heterocycles. The number of benzene rings is 1. The number of aryl methyl sites for hydroxylation is 1. The number of ether oxygens (including phenoxy) is 1. The number of allylic oxidation sites excluding steroid dienone is 1. The van der Waals surface area contributed by atoms with E-state index in [2.05, 4.69) is 17.7 Å². The van der Waals surface area contributed by atoms with Gasteiger partial charge in [0, 0.05) is 0 Å². The lowest BCUT2D eigenvalue weighted by atomic mass is 10.0. The molecule has 0 aliphatic carbocycles. The van der Waals surface area contributed by atoms with Crippen LogP contribution in [0.5, 0.6) is 0 Å². The molecule has 3 nitrogen and oxygen atoms in total. The van der Waals surface area contributed by atoms with Crippen molar-refractivity contribution >= 4 is 5.97 Å². The topological polar surface area (TPSA) is 46.5 Å². The largest absolute Gasteiger partial charge is 0.465 e. The summed E-state index contributed by atoms with van der Waals surface area (Å²) in [5.41, 5.74) is 2.90. The van der Waals surface area contributed by atoms with E-state index in [0.717, 1.165) is 31.3 Å². The molecule has 3 heteroatoms. The predicted octanol–water partition coefficient (Wildman–Crippen LogP) is 3.90. The van der Waals surface area contributed by atoms with Gasteiger partial charge in [0.25, 0.3) is 0 Å². The summed E-state index contributed by atoms with van der Waals surface area (Å²) in [6, 6.07) is 7.49. The summed E-state index contributed by atoms with van der Waals surface area (Å²) in [6.07, 6.45) is 8.53. The quantitative estimate of drug-likeness (QED) is 0.426. The van der Waals surface area contributed by atoms with Crippen LogP contribution in [0.2, 0.25) is 0 Å². The van der Waals surface area contributed by atoms with Gasteiger partial charge < -0.3 is 9.84 Å². The van der Waals surface area contributed by atoms with Gasteiger partial charge in [0.2, 0.25) is 0 Å². The van der Waals surface area contributed by atoms with Crippen molar-refractivity contribution in [3.05, 3.63) is 47.0 Å². The molecule has 1 aromatic carbocycles. The second-order valence-corrected chi connectivity index (χ2v) is 5.20. The monoisotopic (exact) mass is 290 g/mol. The third kappa shape index (κ3) is 6.58. The Morgan fingerprint density at radius 1 is 1.24 bits per heavy atom. The van der Waals surface area contributed by atoms with E-state index in [-0.39, 0.29) is 12.6 Å². The van der Waals surface area contributed by atoms with Crippen molar-refractivity contribution in [3.63, 3.8) is 0 Å². The Morgan fingerprint density at radius 3 is 2.52 bits per heavy atom. The van der Waals surface area contributed by atoms with Crippen LogP contribution in [0.15, 0.2) is 35.9 Å². The van der Waals surface area contributed by atoms with E-state index in [4.69, 9.17) is 0 Å². The van der Waals surface area contributed by atoms with Crippen molar-refractivity contribution in [2.24, 2.45) is 0 Å². The van der Waals surface area contributed by atoms with Crippen LogP contribution in [0.3, 0.4) is 0 Å². The van der Waals surface area contributed by atoms with Crippen molar-refractivity contribution in [1.82, 2.24) is 0 Å². The fraction of sp³-hybridized carbons (Fsp3) is 0.500. The molecular formula is C18H26O3. The minimum Gasteiger partial charge on any atom is -0.465 e. The summed E-state index contributed by atoms with van der Waals surface area (Å²) < 4.78 is 4.67. The van der Waals surface area contributed by atoms with Gasteiger partial charge in [-0.2, -0.15) is 0 Å². The molecule has 0 radical (unpaired) electrons. The lowest BCUT2D eigenvalue weighted by Gasteiger charge is -2.05. The van der Waals surface area contributed by atoms with Crippen LogP contribution in [0.1, 0.15) is 54.9 Å². The Bertz CT molecular complexity index is 446. The maximum Gasteiger partial charge on any atom is 0.337 e. The van der Waals surface area contributed by atoms with Gasteiger partial charge in [-0.05, 0) is 49.0 Å². The Morgan fingerprint density at radius 2 is 1.95 bits per heavy atom. The highest BCUT2D eigenvalue weighted by Gasteiger charge is 2.04. The van der Waals surface area contributed by atoms with Gasteiger partial charge in [-0.15, -0.1) is 0 Å². The molecule has 0 bridgehead atoms. The zero-order valence-corrected chi connectivity index (χ0v) is 13.1. The molecule has 0 amide bonds. The summed E-state index contributed by atoms with van der Waals surface area (Å²) in [4.78, 5) is 11.3. The number of esters is 1. The fourth-order valence-corrected chi connectivity index (χ4v) is 2.22. The highest BCUT2D eigenvalue weighted by Crippen LogP contribution is 2.12. The number of carbonyl (C=O) groups is 1. The number of aliphatic hydroxyl groups excluding tert-OH is 1. The van der Waals surface area contributed by atoms with E-state index in [0.29, 0.717) is 5.56 Å². The second-order valence-electron chi connectivity index (χ2n) is 5.20. The normalized spacial score (nSPS) is 11.5. The van der Waals surface area contributed by atoms with Crippen molar-refractivity contribution < 1.29 is 14.6 Å². The molecule has 0 unspecified atom stereocenters. The molecule has 116 valence electrons. The van der Waals surface area contributed by atoms with Crippen molar-refractivity contribution in [3.8, 4) is 0 Å². The zero-order valence-electron chi connectivity index (χ0n) is 13.1. The third-order valence-electron chi connectivity index (χ3n) is 3.55. The molecule has 0 fully saturated rings. The summed E-state index contributed by atoms with van der Waals surface area (Å²) in [6.45, 7) is 2.34. The Hall–Kier alpha value is -1.61. The van der Waals surface area contributed by atoms with Gasteiger partial charge in [-0.1, -0.05) is 38.0 Å². The molecule has 0 aromatic heterocycles. The Kier molecular flexibility index (Phi) is 8.44. The number of unbranched alkanes of at least 4 members (excludes halogenated alkanes) is 2. The van der Waals surface area contributed by atoms with Gasteiger partial charge in [0.05, 0.1) is 19.3 Å². The maximum atomic E-state index is 11.3. The van der Waals surface area contributed by atoms with Gasteiger partial charge in [0.1, 0.15) is 0 Å². The molecule has 0 aliphatic rings. The van der Waals surface area contributed by atoms with Crippen LogP contribution >= 0.6 is 0 Å². The zero-order chi connectivity index (χ0) is 15.5. The molecule has 1 N–H and O–H groups in total. The minimum absolute atomic E-state index is 0.158. The molecule has 0 atom stereocenters. The van der Waals surface area contributed by atoms with Crippen LogP contribution in [0.25, 0.3) is 0 Å². The average molecular weight is 290 g/mol. The molecule has 0 heterocycles. The first-order valence-electron chi connectivity index (χ1n) is 7.67. The van der Waals surface area contributed by atoms with Gasteiger partial charge in [0.15, 0.2) is 0 Å². The average Bonchev–Trinajstić information content (AvgIpc) is 2.53. The first kappa shape index (κ1) is 17.4.